The minimum atomic E-state index is -5.19. The minimum Gasteiger partial charge on any atom is -0.507 e. The van der Waals surface area contributed by atoms with Gasteiger partial charge in [0.25, 0.3) is 11.8 Å². The zero-order valence-electron chi connectivity index (χ0n) is 27.2. The van der Waals surface area contributed by atoms with Crippen LogP contribution in [0, 0.1) is 0 Å². The van der Waals surface area contributed by atoms with E-state index in [0.29, 0.717) is 27.1 Å². The van der Waals surface area contributed by atoms with Crippen molar-refractivity contribution in [1.82, 2.24) is 10.6 Å². The highest BCUT2D eigenvalue weighted by Crippen LogP contribution is 2.44. The van der Waals surface area contributed by atoms with Crippen LogP contribution in [0.25, 0.3) is 17.2 Å². The lowest BCUT2D eigenvalue weighted by Crippen LogP contribution is -2.34. The number of aliphatic carboxylic acids is 1. The van der Waals surface area contributed by atoms with Gasteiger partial charge in [-0.1, -0.05) is 38.0 Å². The first-order chi connectivity index (χ1) is 25.4. The molecule has 0 saturated heterocycles. The number of rotatable bonds is 18. The van der Waals surface area contributed by atoms with Crippen LogP contribution in [0.2, 0.25) is 0 Å². The number of nitrogens with zero attached hydrogens (tertiary/aromatic N) is 2. The molecule has 0 aromatic heterocycles. The first-order valence-corrected chi connectivity index (χ1v) is 21.0. The van der Waals surface area contributed by atoms with Crippen molar-refractivity contribution in [3.05, 3.63) is 78.3 Å². The van der Waals surface area contributed by atoms with E-state index in [2.05, 4.69) is 72.9 Å². The Morgan fingerprint density at radius 1 is 0.759 bits per heavy atom. The number of carboxylic acid groups (broad SMARTS) is 1. The standard InChI is InChI=1S/C31H29Br3N4O13S3/c32-20-9-15(1-2-25(20)39)12-23(37-46)29(42)35-3-5-52-53-6-4-36-30(43)24(38-47)13-16-7-18(27(40)21(33)10-16)19-8-17(11-22(34)28(19)41)14-26(31(44)45)51-54(48,49)50/h1-2,7-11,14,39-41,46-47H,3-6,12-13H2,(H,35,42)(H,36,43)(H,44,45)(H,48,49,50)/b26-14-,37-23+,38-24+. The third kappa shape index (κ3) is 13.4. The summed E-state index contributed by atoms with van der Waals surface area (Å²) in [5.41, 5.74) is 0.438. The normalized spacial score (nSPS) is 12.3. The van der Waals surface area contributed by atoms with E-state index in [1.54, 1.807) is 12.1 Å². The Labute approximate surface area is 340 Å². The lowest BCUT2D eigenvalue weighted by Gasteiger charge is -2.14. The van der Waals surface area contributed by atoms with Gasteiger partial charge < -0.3 is 45.7 Å². The van der Waals surface area contributed by atoms with Gasteiger partial charge in [-0.05, 0) is 107 Å². The maximum Gasteiger partial charge on any atom is 0.446 e. The van der Waals surface area contributed by atoms with Crippen molar-refractivity contribution in [2.45, 2.75) is 12.8 Å². The van der Waals surface area contributed by atoms with Gasteiger partial charge in [0.15, 0.2) is 0 Å². The third-order valence-corrected chi connectivity index (χ3v) is 11.4. The predicted octanol–water partition coefficient (Wildman–Crippen LogP) is 5.06. The molecule has 23 heteroatoms. The van der Waals surface area contributed by atoms with Crippen molar-refractivity contribution in [2.24, 2.45) is 10.3 Å². The van der Waals surface area contributed by atoms with Crippen LogP contribution in [0.1, 0.15) is 16.7 Å². The number of nitrogens with one attached hydrogen (secondary N) is 2. The number of carboxylic acids is 1. The van der Waals surface area contributed by atoms with Crippen LogP contribution in [-0.4, -0.2) is 97.6 Å². The van der Waals surface area contributed by atoms with Crippen LogP contribution in [-0.2, 0) is 41.8 Å². The quantitative estimate of drug-likeness (QED) is 0.0118. The average Bonchev–Trinajstić information content (AvgIpc) is 3.10. The highest BCUT2D eigenvalue weighted by molar-refractivity contribution is 9.11. The Bertz CT molecular complexity index is 2120. The monoisotopic (exact) mass is 998 g/mol. The van der Waals surface area contributed by atoms with Crippen LogP contribution in [0.5, 0.6) is 17.2 Å². The number of oxime groups is 2. The summed E-state index contributed by atoms with van der Waals surface area (Å²) in [7, 11) is -2.38. The molecule has 3 aromatic carbocycles. The van der Waals surface area contributed by atoms with Gasteiger partial charge >= 0.3 is 16.4 Å². The molecule has 0 aliphatic carbocycles. The Kier molecular flexibility index (Phi) is 17.0. The molecular formula is C31H29Br3N4O13S3. The van der Waals surface area contributed by atoms with Crippen LogP contribution >= 0.6 is 69.4 Å². The van der Waals surface area contributed by atoms with Crippen LogP contribution in [0.4, 0.5) is 0 Å². The molecule has 0 spiro atoms. The maximum absolute atomic E-state index is 12.8. The first kappa shape index (κ1) is 44.4. The van der Waals surface area contributed by atoms with Gasteiger partial charge in [-0.2, -0.15) is 8.42 Å². The van der Waals surface area contributed by atoms with Gasteiger partial charge in [-0.3, -0.25) is 14.1 Å². The molecule has 9 N–H and O–H groups in total. The molecular weight excluding hydrogens is 972 g/mol. The van der Waals surface area contributed by atoms with Crippen molar-refractivity contribution in [3.8, 4) is 28.4 Å². The van der Waals surface area contributed by atoms with E-state index in [1.807, 2.05) is 0 Å². The molecule has 3 rings (SSSR count). The Balaban J connectivity index is 1.57. The lowest BCUT2D eigenvalue weighted by atomic mass is 9.97. The highest BCUT2D eigenvalue weighted by atomic mass is 79.9. The zero-order valence-corrected chi connectivity index (χ0v) is 34.4. The molecule has 0 fully saturated rings. The molecule has 0 saturated carbocycles. The molecule has 0 atom stereocenters. The maximum atomic E-state index is 12.8. The molecule has 0 aliphatic heterocycles. The highest BCUT2D eigenvalue weighted by Gasteiger charge is 2.22. The second-order valence-corrected chi connectivity index (χ2v) is 16.9. The molecule has 54 heavy (non-hydrogen) atoms. The summed E-state index contributed by atoms with van der Waals surface area (Å²) in [6.07, 6.45) is 0.545. The molecule has 0 aliphatic rings. The number of carbonyl (C=O) groups excluding carboxylic acids is 2. The molecule has 0 heterocycles. The van der Waals surface area contributed by atoms with E-state index in [-0.39, 0.29) is 74.5 Å². The lowest BCUT2D eigenvalue weighted by molar-refractivity contribution is -0.135. The Hall–Kier alpha value is -4.00. The van der Waals surface area contributed by atoms with Gasteiger partial charge in [0.1, 0.15) is 28.7 Å². The van der Waals surface area contributed by atoms with E-state index < -0.39 is 39.7 Å². The van der Waals surface area contributed by atoms with Crippen molar-refractivity contribution in [3.63, 3.8) is 0 Å². The Morgan fingerprint density at radius 2 is 1.26 bits per heavy atom. The van der Waals surface area contributed by atoms with Gasteiger partial charge in [-0.25, -0.2) is 4.79 Å². The summed E-state index contributed by atoms with van der Waals surface area (Å²) in [6, 6.07) is 9.85. The molecule has 17 nitrogen and oxygen atoms in total. The number of hydrogen-bond acceptors (Lipinski definition) is 15. The van der Waals surface area contributed by atoms with Crippen molar-refractivity contribution >= 4 is 115 Å². The van der Waals surface area contributed by atoms with E-state index in [4.69, 9.17) is 4.55 Å². The Morgan fingerprint density at radius 3 is 1.76 bits per heavy atom. The summed E-state index contributed by atoms with van der Waals surface area (Å²) in [5, 5.41) is 70.9. The predicted molar refractivity (Wildman–Crippen MR) is 211 cm³/mol. The molecule has 0 radical (unpaired) electrons. The van der Waals surface area contributed by atoms with Crippen molar-refractivity contribution in [1.29, 1.82) is 0 Å². The minimum absolute atomic E-state index is 0.00227. The number of benzene rings is 3. The number of aromatic hydroxyl groups is 3. The second kappa shape index (κ2) is 20.6. The second-order valence-electron chi connectivity index (χ2n) is 10.6. The van der Waals surface area contributed by atoms with E-state index >= 15 is 0 Å². The summed E-state index contributed by atoms with van der Waals surface area (Å²) in [4.78, 5) is 36.7. The summed E-state index contributed by atoms with van der Waals surface area (Å²) in [5.74, 6) is -4.09. The number of phenolic OH excluding ortho intramolecular Hbond substituents is 3. The smallest absolute Gasteiger partial charge is 0.446 e. The fourth-order valence-corrected chi connectivity index (χ4v) is 7.93. The van der Waals surface area contributed by atoms with Gasteiger partial charge in [-0.15, -0.1) is 0 Å². The van der Waals surface area contributed by atoms with Gasteiger partial charge in [0.05, 0.1) is 13.4 Å². The third-order valence-electron chi connectivity index (χ3n) is 6.75. The van der Waals surface area contributed by atoms with Crippen molar-refractivity contribution in [2.75, 3.05) is 24.6 Å². The summed E-state index contributed by atoms with van der Waals surface area (Å²) in [6.45, 7) is 0.436. The number of phenols is 3. The summed E-state index contributed by atoms with van der Waals surface area (Å²) < 4.78 is 35.8. The SMILES string of the molecule is O=C(O)/C(=C/c1cc(Br)c(O)c(-c2cc(C/C(=N\O)C(=O)NCCSSCCNC(=O)/C(Cc3ccc(O)c(Br)c3)=N/O)cc(Br)c2O)c1)OS(=O)(=O)O. The largest absolute Gasteiger partial charge is 0.507 e. The van der Waals surface area contributed by atoms with Gasteiger partial charge in [0, 0.05) is 48.6 Å². The number of amides is 2. The van der Waals surface area contributed by atoms with E-state index in [0.717, 1.165) is 6.08 Å². The molecule has 0 unspecified atom stereocenters. The number of carbonyl (C=O) groups is 3. The first-order valence-electron chi connectivity index (χ1n) is 14.8. The van der Waals surface area contributed by atoms with Gasteiger partial charge in [0.2, 0.25) is 5.76 Å². The average molecular weight is 1000 g/mol. The fourth-order valence-electron chi connectivity index (χ4n) is 4.36. The molecule has 3 aromatic rings. The van der Waals surface area contributed by atoms with E-state index in [9.17, 15) is 53.6 Å². The van der Waals surface area contributed by atoms with Crippen LogP contribution in [0.3, 0.4) is 0 Å². The molecule has 2 amide bonds. The van der Waals surface area contributed by atoms with Crippen LogP contribution < -0.4 is 10.6 Å². The number of hydrogen-bond donors (Lipinski definition) is 9. The summed E-state index contributed by atoms with van der Waals surface area (Å²) >= 11 is 9.51. The fraction of sp³-hybridized carbons (Fsp3) is 0.194. The van der Waals surface area contributed by atoms with E-state index in [1.165, 1.54) is 51.9 Å². The zero-order chi connectivity index (χ0) is 40.2. The topological polar surface area (TPSA) is 285 Å². The molecule has 0 bridgehead atoms. The van der Waals surface area contributed by atoms with Crippen LogP contribution in [0.15, 0.2) is 72.0 Å². The number of halogens is 3. The van der Waals surface area contributed by atoms with Crippen molar-refractivity contribution < 1.29 is 62.4 Å². The molecule has 290 valence electrons.